The Morgan fingerprint density at radius 1 is 1.00 bits per heavy atom. The van der Waals surface area contributed by atoms with Crippen LogP contribution in [0.25, 0.3) is 0 Å². The molecule has 2 unspecified atom stereocenters. The molecule has 2 aromatic rings. The van der Waals surface area contributed by atoms with Crippen LogP contribution < -0.4 is 4.74 Å². The number of carbonyl (C=O) groups is 1. The van der Waals surface area contributed by atoms with E-state index in [9.17, 15) is 22.4 Å². The number of pyridine rings is 1. The minimum absolute atomic E-state index is 0.00765. The first-order chi connectivity index (χ1) is 15.4. The molecule has 1 amide bonds. The number of nitrogens with zero attached hydrogens (tertiary/aromatic N) is 3. The van der Waals surface area contributed by atoms with Crippen LogP contribution in [0.2, 0.25) is 0 Å². The highest BCUT2D eigenvalue weighted by Gasteiger charge is 2.50. The fourth-order valence-electron chi connectivity index (χ4n) is 5.18. The molecule has 2 bridgehead atoms. The van der Waals surface area contributed by atoms with Crippen molar-refractivity contribution in [2.24, 2.45) is 28.8 Å². The molecule has 3 aliphatic carbocycles. The summed E-state index contributed by atoms with van der Waals surface area (Å²) in [6.45, 7) is 0.158. The highest BCUT2D eigenvalue weighted by Crippen LogP contribution is 2.53. The van der Waals surface area contributed by atoms with Gasteiger partial charge in [-0.1, -0.05) is 0 Å². The summed E-state index contributed by atoms with van der Waals surface area (Å²) in [4.78, 5) is 16.7. The topological polar surface area (TPSA) is 54.8 Å². The predicted molar refractivity (Wildman–Crippen MR) is 107 cm³/mol. The van der Waals surface area contributed by atoms with E-state index < -0.39 is 29.4 Å². The van der Waals surface area contributed by atoms with Crippen LogP contribution in [0.15, 0.2) is 35.6 Å². The van der Waals surface area contributed by atoms with Crippen molar-refractivity contribution in [1.29, 1.82) is 0 Å². The van der Waals surface area contributed by atoms with E-state index in [0.29, 0.717) is 24.3 Å². The number of amides is 1. The SMILES string of the molecule is O=C(C1C[C@@H](COc2cc(F)cnc2F)C2CC1C2)N1N=CCC1c1cc(F)cc(F)c1. The van der Waals surface area contributed by atoms with Crippen molar-refractivity contribution in [2.45, 2.75) is 31.7 Å². The van der Waals surface area contributed by atoms with Crippen molar-refractivity contribution in [3.05, 3.63) is 59.4 Å². The lowest BCUT2D eigenvalue weighted by Crippen LogP contribution is -2.50. The molecule has 32 heavy (non-hydrogen) atoms. The van der Waals surface area contributed by atoms with Gasteiger partial charge in [0.05, 0.1) is 18.8 Å². The molecular formula is C23H21F4N3O2. The van der Waals surface area contributed by atoms with Crippen LogP contribution in [0.1, 0.15) is 37.3 Å². The third-order valence-electron chi connectivity index (χ3n) is 6.87. The van der Waals surface area contributed by atoms with Gasteiger partial charge < -0.3 is 4.74 Å². The Kier molecular flexibility index (Phi) is 5.35. The molecule has 3 saturated carbocycles. The highest BCUT2D eigenvalue weighted by molar-refractivity contribution is 5.82. The normalized spacial score (nSPS) is 28.5. The summed E-state index contributed by atoms with van der Waals surface area (Å²) in [6, 6.07) is 3.65. The number of carbonyl (C=O) groups excluding carboxylic acids is 1. The Morgan fingerprint density at radius 3 is 2.50 bits per heavy atom. The van der Waals surface area contributed by atoms with Crippen LogP contribution in [0, 0.1) is 47.1 Å². The maximum absolute atomic E-state index is 13.8. The number of hydrogen-bond acceptors (Lipinski definition) is 4. The molecule has 6 rings (SSSR count). The van der Waals surface area contributed by atoms with Gasteiger partial charge in [-0.3, -0.25) is 4.79 Å². The minimum atomic E-state index is -0.877. The summed E-state index contributed by atoms with van der Waals surface area (Å²) in [6.07, 6.45) is 4.99. The van der Waals surface area contributed by atoms with Crippen molar-refractivity contribution < 1.29 is 27.1 Å². The largest absolute Gasteiger partial charge is 0.488 e. The van der Waals surface area contributed by atoms with Crippen LogP contribution in [0.5, 0.6) is 5.75 Å². The maximum atomic E-state index is 13.8. The van der Waals surface area contributed by atoms with Gasteiger partial charge in [-0.25, -0.2) is 23.2 Å². The number of aromatic nitrogens is 1. The van der Waals surface area contributed by atoms with E-state index in [1.807, 2.05) is 0 Å². The summed E-state index contributed by atoms with van der Waals surface area (Å²) in [5, 5.41) is 5.54. The smallest absolute Gasteiger partial charge is 0.255 e. The van der Waals surface area contributed by atoms with E-state index in [2.05, 4.69) is 10.1 Å². The molecule has 0 radical (unpaired) electrons. The Bertz CT molecular complexity index is 1050. The predicted octanol–water partition coefficient (Wildman–Crippen LogP) is 4.64. The fourth-order valence-corrected chi connectivity index (χ4v) is 5.18. The second-order valence-electron chi connectivity index (χ2n) is 8.78. The lowest BCUT2D eigenvalue weighted by atomic mass is 9.55. The molecule has 3 atom stereocenters. The van der Waals surface area contributed by atoms with Crippen molar-refractivity contribution in [1.82, 2.24) is 9.99 Å². The minimum Gasteiger partial charge on any atom is -0.488 e. The van der Waals surface area contributed by atoms with E-state index in [-0.39, 0.29) is 36.0 Å². The number of ether oxygens (including phenoxy) is 1. The van der Waals surface area contributed by atoms with Gasteiger partial charge in [0, 0.05) is 30.7 Å². The molecule has 4 aliphatic rings. The second kappa shape index (κ2) is 8.18. The lowest BCUT2D eigenvalue weighted by molar-refractivity contribution is -0.148. The van der Waals surface area contributed by atoms with E-state index in [4.69, 9.17) is 4.74 Å². The third-order valence-corrected chi connectivity index (χ3v) is 6.87. The van der Waals surface area contributed by atoms with Gasteiger partial charge in [0.25, 0.3) is 5.95 Å². The first kappa shape index (κ1) is 20.9. The highest BCUT2D eigenvalue weighted by atomic mass is 19.1. The molecule has 5 nitrogen and oxygen atoms in total. The number of halogens is 4. The summed E-state index contributed by atoms with van der Waals surface area (Å²) < 4.78 is 60.0. The maximum Gasteiger partial charge on any atom is 0.255 e. The zero-order chi connectivity index (χ0) is 22.4. The molecule has 0 N–H and O–H groups in total. The van der Waals surface area contributed by atoms with Gasteiger partial charge in [0.2, 0.25) is 5.91 Å². The fraction of sp³-hybridized carbons (Fsp3) is 0.435. The van der Waals surface area contributed by atoms with E-state index in [1.165, 1.54) is 17.1 Å². The van der Waals surface area contributed by atoms with Crippen molar-refractivity contribution in [3.8, 4) is 5.75 Å². The lowest BCUT2D eigenvalue weighted by Gasteiger charge is -2.51. The van der Waals surface area contributed by atoms with Gasteiger partial charge in [0.15, 0.2) is 5.75 Å². The van der Waals surface area contributed by atoms with Gasteiger partial charge >= 0.3 is 0 Å². The van der Waals surface area contributed by atoms with Crippen LogP contribution in [-0.4, -0.2) is 28.7 Å². The zero-order valence-electron chi connectivity index (χ0n) is 17.1. The van der Waals surface area contributed by atoms with E-state index in [0.717, 1.165) is 31.2 Å². The summed E-state index contributed by atoms with van der Waals surface area (Å²) in [5.41, 5.74) is 0.365. The van der Waals surface area contributed by atoms with E-state index >= 15 is 0 Å². The summed E-state index contributed by atoms with van der Waals surface area (Å²) in [5.74, 6) is -3.10. The first-order valence-corrected chi connectivity index (χ1v) is 10.6. The average molecular weight is 447 g/mol. The Labute approximate surface area is 182 Å². The molecule has 1 aliphatic heterocycles. The van der Waals surface area contributed by atoms with Gasteiger partial charge in [-0.2, -0.15) is 9.49 Å². The van der Waals surface area contributed by atoms with Crippen molar-refractivity contribution in [3.63, 3.8) is 0 Å². The number of fused-ring (bicyclic) bond motifs is 2. The van der Waals surface area contributed by atoms with Crippen molar-refractivity contribution in [2.75, 3.05) is 6.61 Å². The number of rotatable bonds is 5. The standard InChI is InChI=1S/C23H21F4N3O2/c24-16-5-14(6-17(25)8-16)20-1-2-29-30(20)23(31)19-7-15(12-3-13(19)4-12)11-32-21-9-18(26)10-28-22(21)27/h2,5-6,8-10,12-13,15,19-20H,1,3-4,7,11H2/t12?,13?,15-,19?,20?/m0/s1. The second-order valence-corrected chi connectivity index (χ2v) is 8.78. The Hall–Kier alpha value is -2.97. The molecule has 9 heteroatoms. The van der Waals surface area contributed by atoms with E-state index in [1.54, 1.807) is 6.21 Å². The molecule has 1 aromatic carbocycles. The molecular weight excluding hydrogens is 426 g/mol. The van der Waals surface area contributed by atoms with Crippen molar-refractivity contribution >= 4 is 12.1 Å². The quantitative estimate of drug-likeness (QED) is 0.496. The Balaban J connectivity index is 1.28. The molecule has 0 spiro atoms. The zero-order valence-corrected chi connectivity index (χ0v) is 17.1. The van der Waals surface area contributed by atoms with Crippen LogP contribution in [0.3, 0.4) is 0 Å². The third kappa shape index (κ3) is 3.84. The number of hydrogen-bond donors (Lipinski definition) is 0. The monoisotopic (exact) mass is 447 g/mol. The first-order valence-electron chi connectivity index (χ1n) is 10.6. The molecule has 0 saturated heterocycles. The molecule has 2 heterocycles. The summed E-state index contributed by atoms with van der Waals surface area (Å²) >= 11 is 0. The van der Waals surface area contributed by atoms with Crippen LogP contribution in [-0.2, 0) is 4.79 Å². The average Bonchev–Trinajstić information content (AvgIpc) is 3.22. The van der Waals surface area contributed by atoms with Crippen LogP contribution >= 0.6 is 0 Å². The molecule has 3 fully saturated rings. The number of hydrazone groups is 1. The van der Waals surface area contributed by atoms with Gasteiger partial charge in [0.1, 0.15) is 17.5 Å². The molecule has 1 aromatic heterocycles. The summed E-state index contributed by atoms with van der Waals surface area (Å²) in [7, 11) is 0. The molecule has 168 valence electrons. The van der Waals surface area contributed by atoms with Gasteiger partial charge in [-0.05, 0) is 54.7 Å². The van der Waals surface area contributed by atoms with Gasteiger partial charge in [-0.15, -0.1) is 0 Å². The van der Waals surface area contributed by atoms with Crippen LogP contribution in [0.4, 0.5) is 17.6 Å². The number of benzene rings is 1. The Morgan fingerprint density at radius 2 is 1.75 bits per heavy atom.